The van der Waals surface area contributed by atoms with Gasteiger partial charge in [-0.3, -0.25) is 9.59 Å². The first kappa shape index (κ1) is 18.2. The van der Waals surface area contributed by atoms with Crippen molar-refractivity contribution in [2.75, 3.05) is 13.1 Å². The van der Waals surface area contributed by atoms with Crippen molar-refractivity contribution < 1.29 is 9.59 Å². The molecule has 19 heavy (non-hydrogen) atoms. The van der Waals surface area contributed by atoms with E-state index in [-0.39, 0.29) is 18.3 Å². The Morgan fingerprint density at radius 2 is 2.11 bits per heavy atom. The summed E-state index contributed by atoms with van der Waals surface area (Å²) in [6, 6.07) is 0. The summed E-state index contributed by atoms with van der Waals surface area (Å²) in [5.74, 6) is 0.252. The standard InChI is InChI=1S/C13H25N3O2.ClH/c1-9(10-5-4-6-15-8-10)7-11(17)16-13(2,3)12(14)18;/h9-10,15H,4-8H2,1-3H3,(H2,14,18)(H,16,17);1H. The highest BCUT2D eigenvalue weighted by atomic mass is 35.5. The number of nitrogens with two attached hydrogens (primary N) is 1. The molecule has 5 nitrogen and oxygen atoms in total. The van der Waals surface area contributed by atoms with E-state index in [1.807, 2.05) is 0 Å². The number of rotatable bonds is 5. The van der Waals surface area contributed by atoms with Crippen LogP contribution in [0.1, 0.15) is 40.0 Å². The fraction of sp³-hybridized carbons (Fsp3) is 0.846. The largest absolute Gasteiger partial charge is 0.368 e. The average Bonchev–Trinajstić information content (AvgIpc) is 2.29. The number of carbonyl (C=O) groups is 2. The van der Waals surface area contributed by atoms with Crippen molar-refractivity contribution in [3.8, 4) is 0 Å². The molecule has 0 bridgehead atoms. The van der Waals surface area contributed by atoms with Gasteiger partial charge in [0.15, 0.2) is 0 Å². The van der Waals surface area contributed by atoms with Crippen molar-refractivity contribution in [3.05, 3.63) is 0 Å². The molecule has 1 saturated heterocycles. The van der Waals surface area contributed by atoms with E-state index in [1.165, 1.54) is 12.8 Å². The Morgan fingerprint density at radius 3 is 2.58 bits per heavy atom. The summed E-state index contributed by atoms with van der Waals surface area (Å²) in [6.07, 6.45) is 2.78. The predicted molar refractivity (Wildman–Crippen MR) is 78.0 cm³/mol. The minimum absolute atomic E-state index is 0. The molecule has 1 heterocycles. The first-order valence-electron chi connectivity index (χ1n) is 6.64. The molecule has 4 N–H and O–H groups in total. The molecule has 112 valence electrons. The van der Waals surface area contributed by atoms with E-state index in [9.17, 15) is 9.59 Å². The van der Waals surface area contributed by atoms with Gasteiger partial charge in [-0.05, 0) is 51.6 Å². The predicted octanol–water partition coefficient (Wildman–Crippen LogP) is 0.814. The van der Waals surface area contributed by atoms with Crippen LogP contribution in [0, 0.1) is 11.8 Å². The van der Waals surface area contributed by atoms with Crippen LogP contribution >= 0.6 is 12.4 Å². The lowest BCUT2D eigenvalue weighted by molar-refractivity contribution is -0.131. The van der Waals surface area contributed by atoms with Crippen LogP contribution in [0.5, 0.6) is 0 Å². The number of hydrogen-bond acceptors (Lipinski definition) is 3. The number of amides is 2. The van der Waals surface area contributed by atoms with Crippen molar-refractivity contribution in [1.29, 1.82) is 0 Å². The molecule has 0 radical (unpaired) electrons. The molecule has 0 aromatic carbocycles. The fourth-order valence-electron chi connectivity index (χ4n) is 2.28. The van der Waals surface area contributed by atoms with Gasteiger partial charge in [0, 0.05) is 6.42 Å². The van der Waals surface area contributed by atoms with Crippen molar-refractivity contribution in [3.63, 3.8) is 0 Å². The van der Waals surface area contributed by atoms with Crippen LogP contribution in [0.2, 0.25) is 0 Å². The average molecular weight is 292 g/mol. The number of nitrogens with one attached hydrogen (secondary N) is 2. The second-order valence-electron chi connectivity index (χ2n) is 5.83. The number of primary amides is 1. The van der Waals surface area contributed by atoms with Gasteiger partial charge in [-0.2, -0.15) is 0 Å². The Balaban J connectivity index is 0.00000324. The second-order valence-corrected chi connectivity index (χ2v) is 5.83. The van der Waals surface area contributed by atoms with Crippen LogP contribution in [0.25, 0.3) is 0 Å². The molecule has 0 spiro atoms. The lowest BCUT2D eigenvalue weighted by Crippen LogP contribution is -2.53. The maximum absolute atomic E-state index is 11.9. The van der Waals surface area contributed by atoms with Gasteiger partial charge in [-0.15, -0.1) is 12.4 Å². The van der Waals surface area contributed by atoms with Crippen LogP contribution in [0.4, 0.5) is 0 Å². The molecule has 1 aliphatic rings. The smallest absolute Gasteiger partial charge is 0.242 e. The van der Waals surface area contributed by atoms with Crippen LogP contribution in [-0.2, 0) is 9.59 Å². The number of halogens is 1. The summed E-state index contributed by atoms with van der Waals surface area (Å²) < 4.78 is 0. The van der Waals surface area contributed by atoms with Crippen LogP contribution in [0.15, 0.2) is 0 Å². The van der Waals surface area contributed by atoms with Gasteiger partial charge >= 0.3 is 0 Å². The minimum atomic E-state index is -0.971. The molecule has 2 atom stereocenters. The molecule has 0 aromatic heterocycles. The van der Waals surface area contributed by atoms with Crippen molar-refractivity contribution in [2.24, 2.45) is 17.6 Å². The van der Waals surface area contributed by atoms with Crippen LogP contribution < -0.4 is 16.4 Å². The van der Waals surface area contributed by atoms with Crippen LogP contribution in [-0.4, -0.2) is 30.4 Å². The molecule has 1 rings (SSSR count). The lowest BCUT2D eigenvalue weighted by Gasteiger charge is -2.29. The Labute approximate surface area is 121 Å². The van der Waals surface area contributed by atoms with Gasteiger partial charge < -0.3 is 16.4 Å². The van der Waals surface area contributed by atoms with Crippen molar-refractivity contribution >= 4 is 24.2 Å². The Hall–Kier alpha value is -0.810. The van der Waals surface area contributed by atoms with E-state index < -0.39 is 11.4 Å². The quantitative estimate of drug-likeness (QED) is 0.701. The zero-order chi connectivity index (χ0) is 13.8. The highest BCUT2D eigenvalue weighted by Gasteiger charge is 2.28. The molecule has 1 fully saturated rings. The maximum atomic E-state index is 11.9. The van der Waals surface area contributed by atoms with E-state index in [0.29, 0.717) is 18.3 Å². The SMILES string of the molecule is CC(CC(=O)NC(C)(C)C(N)=O)C1CCCNC1.Cl. The monoisotopic (exact) mass is 291 g/mol. The van der Waals surface area contributed by atoms with Gasteiger partial charge in [0.1, 0.15) is 5.54 Å². The third-order valence-electron chi connectivity index (χ3n) is 3.72. The third-order valence-corrected chi connectivity index (χ3v) is 3.72. The summed E-state index contributed by atoms with van der Waals surface area (Å²) in [4.78, 5) is 23.0. The Kier molecular flexibility index (Phi) is 7.37. The second kappa shape index (κ2) is 7.70. The molecule has 1 aliphatic heterocycles. The first-order chi connectivity index (χ1) is 8.33. The molecule has 0 saturated carbocycles. The van der Waals surface area contributed by atoms with E-state index >= 15 is 0 Å². The zero-order valence-corrected chi connectivity index (χ0v) is 12.8. The summed E-state index contributed by atoms with van der Waals surface area (Å²) in [5, 5.41) is 6.04. The highest BCUT2D eigenvalue weighted by Crippen LogP contribution is 2.22. The van der Waals surface area contributed by atoms with Gasteiger partial charge in [-0.25, -0.2) is 0 Å². The minimum Gasteiger partial charge on any atom is -0.368 e. The molecule has 0 aliphatic carbocycles. The third kappa shape index (κ3) is 5.78. The van der Waals surface area contributed by atoms with E-state index in [0.717, 1.165) is 13.1 Å². The van der Waals surface area contributed by atoms with Crippen molar-refractivity contribution in [2.45, 2.75) is 45.6 Å². The summed E-state index contributed by atoms with van der Waals surface area (Å²) in [7, 11) is 0. The zero-order valence-electron chi connectivity index (χ0n) is 12.0. The maximum Gasteiger partial charge on any atom is 0.242 e. The van der Waals surface area contributed by atoms with Gasteiger partial charge in [0.25, 0.3) is 0 Å². The lowest BCUT2D eigenvalue weighted by atomic mass is 9.85. The van der Waals surface area contributed by atoms with E-state index in [4.69, 9.17) is 5.73 Å². The van der Waals surface area contributed by atoms with Crippen molar-refractivity contribution in [1.82, 2.24) is 10.6 Å². The van der Waals surface area contributed by atoms with Gasteiger partial charge in [0.2, 0.25) is 11.8 Å². The number of piperidine rings is 1. The van der Waals surface area contributed by atoms with Gasteiger partial charge in [-0.1, -0.05) is 6.92 Å². The normalized spacial score (nSPS) is 21.1. The number of hydrogen-bond donors (Lipinski definition) is 3. The van der Waals surface area contributed by atoms with Gasteiger partial charge in [0.05, 0.1) is 0 Å². The fourth-order valence-corrected chi connectivity index (χ4v) is 2.28. The Bertz CT molecular complexity index is 315. The van der Waals surface area contributed by atoms with E-state index in [1.54, 1.807) is 13.8 Å². The molecule has 6 heteroatoms. The summed E-state index contributed by atoms with van der Waals surface area (Å²) in [5.41, 5.74) is 4.26. The first-order valence-corrected chi connectivity index (χ1v) is 6.64. The molecule has 2 amide bonds. The Morgan fingerprint density at radius 1 is 1.47 bits per heavy atom. The number of carbonyl (C=O) groups excluding carboxylic acids is 2. The molecular formula is C13H26ClN3O2. The van der Waals surface area contributed by atoms with Crippen LogP contribution in [0.3, 0.4) is 0 Å². The molecular weight excluding hydrogens is 266 g/mol. The topological polar surface area (TPSA) is 84.2 Å². The molecule has 2 unspecified atom stereocenters. The van der Waals surface area contributed by atoms with E-state index in [2.05, 4.69) is 17.6 Å². The highest BCUT2D eigenvalue weighted by molar-refractivity contribution is 5.89. The summed E-state index contributed by atoms with van der Waals surface area (Å²) in [6.45, 7) is 7.40. The summed E-state index contributed by atoms with van der Waals surface area (Å²) >= 11 is 0. The molecule has 0 aromatic rings.